The number of esters is 1. The van der Waals surface area contributed by atoms with Crippen molar-refractivity contribution < 1.29 is 9.53 Å². The molecule has 3 aliphatic heterocycles. The lowest BCUT2D eigenvalue weighted by molar-refractivity contribution is -0.174. The predicted molar refractivity (Wildman–Crippen MR) is 100 cm³/mol. The fourth-order valence-corrected chi connectivity index (χ4v) is 8.57. The lowest BCUT2D eigenvalue weighted by atomic mass is 9.38. The lowest BCUT2D eigenvalue weighted by Gasteiger charge is -2.70. The van der Waals surface area contributed by atoms with Gasteiger partial charge in [0.2, 0.25) is 0 Å². The first-order valence-corrected chi connectivity index (χ1v) is 10.3. The van der Waals surface area contributed by atoms with E-state index in [2.05, 4.69) is 41.1 Å². The molecule has 0 amide bonds. The van der Waals surface area contributed by atoms with Crippen LogP contribution in [0.15, 0.2) is 24.3 Å². The number of piperidine rings is 1. The molecule has 138 valence electrons. The van der Waals surface area contributed by atoms with Gasteiger partial charge in [-0.15, -0.1) is 0 Å². The standard InChI is InChI=1S/C22H28N2O2/c1-23-17-7-4-3-6-15(17)21-11-13-24-12-5-8-20(19(21)24)9-10-22(21,23)16(14-20)18(25)26-2/h3-4,6-7,16,19H,5,8-14H2,1-2H3/t16-,19-,20+,21+,22+/m1/s1. The number of carbonyl (C=O) groups excluding carboxylic acids is 1. The molecule has 3 aliphatic carbocycles. The average Bonchev–Trinajstić information content (AvgIpc) is 3.19. The molecule has 0 N–H and O–H groups in total. The Morgan fingerprint density at radius 2 is 2.00 bits per heavy atom. The van der Waals surface area contributed by atoms with E-state index in [1.54, 1.807) is 7.11 Å². The monoisotopic (exact) mass is 352 g/mol. The van der Waals surface area contributed by atoms with Gasteiger partial charge in [0.15, 0.2) is 0 Å². The van der Waals surface area contributed by atoms with Crippen molar-refractivity contribution in [1.82, 2.24) is 4.90 Å². The quantitative estimate of drug-likeness (QED) is 0.728. The second-order valence-electron chi connectivity index (χ2n) is 9.41. The van der Waals surface area contributed by atoms with E-state index in [0.717, 1.165) is 12.8 Å². The largest absolute Gasteiger partial charge is 0.469 e. The topological polar surface area (TPSA) is 32.8 Å². The average molecular weight is 352 g/mol. The van der Waals surface area contributed by atoms with Crippen molar-refractivity contribution in [2.75, 3.05) is 32.1 Å². The van der Waals surface area contributed by atoms with Crippen molar-refractivity contribution in [3.63, 3.8) is 0 Å². The number of likely N-dealkylation sites (N-methyl/N-ethyl adjacent to an activating group) is 1. The molecule has 0 unspecified atom stereocenters. The second-order valence-corrected chi connectivity index (χ2v) is 9.41. The molecule has 26 heavy (non-hydrogen) atoms. The van der Waals surface area contributed by atoms with Crippen LogP contribution in [0.5, 0.6) is 0 Å². The molecular weight excluding hydrogens is 324 g/mol. The third kappa shape index (κ3) is 1.35. The van der Waals surface area contributed by atoms with Gasteiger partial charge < -0.3 is 9.64 Å². The molecule has 4 nitrogen and oxygen atoms in total. The molecule has 7 rings (SSSR count). The van der Waals surface area contributed by atoms with Crippen LogP contribution in [0.2, 0.25) is 0 Å². The zero-order valence-corrected chi connectivity index (χ0v) is 15.8. The Kier molecular flexibility index (Phi) is 2.77. The van der Waals surface area contributed by atoms with Gasteiger partial charge in [0, 0.05) is 24.2 Å². The van der Waals surface area contributed by atoms with E-state index in [4.69, 9.17) is 4.74 Å². The van der Waals surface area contributed by atoms with E-state index < -0.39 is 0 Å². The fraction of sp³-hybridized carbons (Fsp3) is 0.682. The molecule has 3 saturated carbocycles. The van der Waals surface area contributed by atoms with Gasteiger partial charge in [-0.3, -0.25) is 9.69 Å². The molecular formula is C22H28N2O2. The van der Waals surface area contributed by atoms with E-state index >= 15 is 0 Å². The van der Waals surface area contributed by atoms with E-state index in [-0.39, 0.29) is 22.8 Å². The van der Waals surface area contributed by atoms with Gasteiger partial charge in [0.25, 0.3) is 0 Å². The van der Waals surface area contributed by atoms with E-state index in [9.17, 15) is 4.79 Å². The Hall–Kier alpha value is -1.55. The summed E-state index contributed by atoms with van der Waals surface area (Å²) in [7, 11) is 3.82. The summed E-state index contributed by atoms with van der Waals surface area (Å²) in [5.41, 5.74) is 3.14. The lowest BCUT2D eigenvalue weighted by Crippen LogP contribution is -2.78. The third-order valence-corrected chi connectivity index (χ3v) is 9.12. The molecule has 4 heteroatoms. The Balaban J connectivity index is 1.68. The van der Waals surface area contributed by atoms with Gasteiger partial charge >= 0.3 is 5.97 Å². The maximum atomic E-state index is 13.1. The Labute approximate surface area is 155 Å². The number of fused-ring (bicyclic) bond motifs is 3. The maximum Gasteiger partial charge on any atom is 0.311 e. The summed E-state index contributed by atoms with van der Waals surface area (Å²) in [5.74, 6) is 0.0125. The van der Waals surface area contributed by atoms with Crippen LogP contribution < -0.4 is 4.90 Å². The number of para-hydroxylation sites is 1. The summed E-state index contributed by atoms with van der Waals surface area (Å²) in [6, 6.07) is 9.60. The summed E-state index contributed by atoms with van der Waals surface area (Å²) < 4.78 is 5.39. The molecule has 1 aromatic rings. The first-order valence-electron chi connectivity index (χ1n) is 10.3. The Morgan fingerprint density at radius 3 is 2.85 bits per heavy atom. The van der Waals surface area contributed by atoms with Crippen LogP contribution in [0.25, 0.3) is 0 Å². The number of benzene rings is 1. The van der Waals surface area contributed by atoms with Crippen molar-refractivity contribution in [2.24, 2.45) is 11.3 Å². The summed E-state index contributed by atoms with van der Waals surface area (Å²) in [5, 5.41) is 0. The fourth-order valence-electron chi connectivity index (χ4n) is 8.57. The highest BCUT2D eigenvalue weighted by molar-refractivity contribution is 5.81. The highest BCUT2D eigenvalue weighted by Gasteiger charge is 2.80. The van der Waals surface area contributed by atoms with Crippen LogP contribution in [0.4, 0.5) is 5.69 Å². The molecule has 0 radical (unpaired) electrons. The van der Waals surface area contributed by atoms with Crippen molar-refractivity contribution in [1.29, 1.82) is 0 Å². The molecule has 5 atom stereocenters. The number of rotatable bonds is 1. The van der Waals surface area contributed by atoms with Gasteiger partial charge in [-0.1, -0.05) is 18.2 Å². The molecule has 2 saturated heterocycles. The number of carbonyl (C=O) groups is 1. The van der Waals surface area contributed by atoms with Crippen molar-refractivity contribution >= 4 is 11.7 Å². The first-order chi connectivity index (χ1) is 12.6. The van der Waals surface area contributed by atoms with Crippen LogP contribution in [-0.2, 0) is 14.9 Å². The van der Waals surface area contributed by atoms with Crippen LogP contribution in [0.1, 0.15) is 44.1 Å². The third-order valence-electron chi connectivity index (χ3n) is 9.12. The van der Waals surface area contributed by atoms with E-state index in [1.165, 1.54) is 50.0 Å². The molecule has 2 bridgehead atoms. The molecule has 3 heterocycles. The van der Waals surface area contributed by atoms with Gasteiger partial charge in [-0.05, 0) is 68.7 Å². The first kappa shape index (κ1) is 15.5. The highest BCUT2D eigenvalue weighted by Crippen LogP contribution is 2.75. The van der Waals surface area contributed by atoms with Gasteiger partial charge in [-0.2, -0.15) is 0 Å². The number of hydrogen-bond donors (Lipinski definition) is 0. The van der Waals surface area contributed by atoms with E-state index in [1.807, 2.05) is 0 Å². The summed E-state index contributed by atoms with van der Waals surface area (Å²) in [6.07, 6.45) is 7.16. The Bertz CT molecular complexity index is 809. The summed E-state index contributed by atoms with van der Waals surface area (Å²) in [4.78, 5) is 18.4. The Morgan fingerprint density at radius 1 is 1.15 bits per heavy atom. The minimum absolute atomic E-state index is 0.00653. The van der Waals surface area contributed by atoms with Crippen molar-refractivity contribution in [2.45, 2.75) is 55.5 Å². The van der Waals surface area contributed by atoms with E-state index in [0.29, 0.717) is 11.5 Å². The minimum atomic E-state index is -0.109. The summed E-state index contributed by atoms with van der Waals surface area (Å²) >= 11 is 0. The zero-order valence-electron chi connectivity index (χ0n) is 15.8. The van der Waals surface area contributed by atoms with Crippen LogP contribution in [-0.4, -0.2) is 49.7 Å². The molecule has 1 aromatic carbocycles. The van der Waals surface area contributed by atoms with Gasteiger partial charge in [0.05, 0.1) is 18.6 Å². The number of methoxy groups -OCH3 is 1. The predicted octanol–water partition coefficient (Wildman–Crippen LogP) is 2.95. The normalized spacial score (nSPS) is 45.2. The minimum Gasteiger partial charge on any atom is -0.469 e. The number of anilines is 1. The van der Waals surface area contributed by atoms with Crippen LogP contribution in [0.3, 0.4) is 0 Å². The van der Waals surface area contributed by atoms with Crippen LogP contribution in [0, 0.1) is 11.3 Å². The van der Waals surface area contributed by atoms with Crippen molar-refractivity contribution in [3.05, 3.63) is 29.8 Å². The van der Waals surface area contributed by atoms with Gasteiger partial charge in [0.1, 0.15) is 0 Å². The molecule has 3 spiro atoms. The highest BCUT2D eigenvalue weighted by atomic mass is 16.5. The number of nitrogens with zero attached hydrogens (tertiary/aromatic N) is 2. The molecule has 5 fully saturated rings. The molecule has 0 aromatic heterocycles. The second kappa shape index (κ2) is 4.64. The van der Waals surface area contributed by atoms with Gasteiger partial charge in [-0.25, -0.2) is 0 Å². The number of ether oxygens (including phenoxy) is 1. The number of hydrogen-bond acceptors (Lipinski definition) is 4. The smallest absolute Gasteiger partial charge is 0.311 e. The van der Waals surface area contributed by atoms with Crippen molar-refractivity contribution in [3.8, 4) is 0 Å². The maximum absolute atomic E-state index is 13.1. The SMILES string of the molecule is COC(=O)[C@H]1C[C@]23CCCN4CC[C@]5(c6ccccc6N(C)[C@@]15CC2)[C@H]43. The molecule has 6 aliphatic rings. The van der Waals surface area contributed by atoms with Crippen LogP contribution >= 0.6 is 0 Å². The zero-order chi connectivity index (χ0) is 17.7. The summed E-state index contributed by atoms with van der Waals surface area (Å²) in [6.45, 7) is 2.42.